The summed E-state index contributed by atoms with van der Waals surface area (Å²) in [5, 5.41) is 5.22. The molecule has 21 heavy (non-hydrogen) atoms. The van der Waals surface area contributed by atoms with Crippen LogP contribution in [0.2, 0.25) is 0 Å². The lowest BCUT2D eigenvalue weighted by Gasteiger charge is -2.13. The van der Waals surface area contributed by atoms with Crippen LogP contribution in [-0.2, 0) is 6.42 Å². The summed E-state index contributed by atoms with van der Waals surface area (Å²) in [5.41, 5.74) is 0.188. The van der Waals surface area contributed by atoms with Gasteiger partial charge < -0.3 is 10.6 Å². The van der Waals surface area contributed by atoms with Crippen molar-refractivity contribution in [2.75, 3.05) is 20.1 Å². The van der Waals surface area contributed by atoms with Gasteiger partial charge in [0.2, 0.25) is 0 Å². The van der Waals surface area contributed by atoms with Gasteiger partial charge in [-0.2, -0.15) is 13.2 Å². The summed E-state index contributed by atoms with van der Waals surface area (Å²) in [4.78, 5) is 3.74. The lowest BCUT2D eigenvalue weighted by Crippen LogP contribution is -2.39. The van der Waals surface area contributed by atoms with Crippen molar-refractivity contribution in [2.45, 2.75) is 19.0 Å². The molecule has 0 fully saturated rings. The Labute approximate surface area is 119 Å². The van der Waals surface area contributed by atoms with Gasteiger partial charge in [-0.3, -0.25) is 4.99 Å². The molecule has 0 saturated heterocycles. The lowest BCUT2D eigenvalue weighted by molar-refractivity contribution is -0.132. The zero-order chi connectivity index (χ0) is 15.9. The normalized spacial score (nSPS) is 12.4. The fourth-order valence-corrected chi connectivity index (χ4v) is 1.60. The summed E-state index contributed by atoms with van der Waals surface area (Å²) < 4.78 is 62.3. The van der Waals surface area contributed by atoms with Crippen LogP contribution in [-0.4, -0.2) is 32.3 Å². The summed E-state index contributed by atoms with van der Waals surface area (Å²) in [5.74, 6) is -1.67. The van der Waals surface area contributed by atoms with Gasteiger partial charge in [0, 0.05) is 20.1 Å². The van der Waals surface area contributed by atoms with Crippen LogP contribution >= 0.6 is 0 Å². The second-order valence-electron chi connectivity index (χ2n) is 4.25. The van der Waals surface area contributed by atoms with Gasteiger partial charge in [-0.25, -0.2) is 8.78 Å². The van der Waals surface area contributed by atoms with E-state index in [1.54, 1.807) is 0 Å². The molecule has 0 amide bonds. The molecule has 0 aliphatic carbocycles. The molecule has 0 aliphatic rings. The number of hydrogen-bond acceptors (Lipinski definition) is 1. The summed E-state index contributed by atoms with van der Waals surface area (Å²) in [6, 6.07) is 3.86. The van der Waals surface area contributed by atoms with E-state index in [-0.39, 0.29) is 31.0 Å². The predicted octanol–water partition coefficient (Wildman–Crippen LogP) is 2.62. The molecule has 0 bridgehead atoms. The molecule has 0 aliphatic heterocycles. The van der Waals surface area contributed by atoms with Crippen LogP contribution in [0.3, 0.4) is 0 Å². The van der Waals surface area contributed by atoms with E-state index < -0.39 is 24.2 Å². The van der Waals surface area contributed by atoms with Gasteiger partial charge >= 0.3 is 6.18 Å². The van der Waals surface area contributed by atoms with E-state index in [1.165, 1.54) is 19.2 Å². The van der Waals surface area contributed by atoms with Crippen LogP contribution in [0.1, 0.15) is 12.0 Å². The standard InChI is InChI=1S/C13H16F5N3/c1-19-12(21-8-6-13(16,17)18)20-7-5-9-3-2-4-10(14)11(9)15/h2-4H,5-8H2,1H3,(H2,19,20,21). The maximum absolute atomic E-state index is 13.4. The SMILES string of the molecule is CN=C(NCCc1cccc(F)c1F)NCCC(F)(F)F. The first-order valence-corrected chi connectivity index (χ1v) is 6.27. The highest BCUT2D eigenvalue weighted by Gasteiger charge is 2.26. The third-order valence-electron chi connectivity index (χ3n) is 2.64. The Kier molecular flexibility index (Phi) is 6.39. The molecule has 3 nitrogen and oxygen atoms in total. The second-order valence-corrected chi connectivity index (χ2v) is 4.25. The number of guanidine groups is 1. The number of hydrogen-bond donors (Lipinski definition) is 2. The average Bonchev–Trinajstić information content (AvgIpc) is 2.40. The highest BCUT2D eigenvalue weighted by molar-refractivity contribution is 5.79. The zero-order valence-corrected chi connectivity index (χ0v) is 11.4. The van der Waals surface area contributed by atoms with E-state index in [0.717, 1.165) is 6.07 Å². The molecule has 1 aromatic carbocycles. The molecule has 8 heteroatoms. The molecule has 118 valence electrons. The number of aliphatic imine (C=N–C) groups is 1. The third kappa shape index (κ3) is 6.42. The maximum atomic E-state index is 13.4. The molecule has 0 spiro atoms. The number of nitrogens with zero attached hydrogens (tertiary/aromatic N) is 1. The topological polar surface area (TPSA) is 36.4 Å². The highest BCUT2D eigenvalue weighted by Crippen LogP contribution is 2.18. The molecule has 0 unspecified atom stereocenters. The Bertz CT molecular complexity index is 485. The van der Waals surface area contributed by atoms with Gasteiger partial charge in [0.15, 0.2) is 17.6 Å². The van der Waals surface area contributed by atoms with Crippen molar-refractivity contribution in [3.8, 4) is 0 Å². The van der Waals surface area contributed by atoms with Crippen LogP contribution in [0, 0.1) is 11.6 Å². The number of alkyl halides is 3. The fraction of sp³-hybridized carbons (Fsp3) is 0.462. The van der Waals surface area contributed by atoms with Gasteiger partial charge in [0.1, 0.15) is 0 Å². The van der Waals surface area contributed by atoms with Crippen molar-refractivity contribution in [1.82, 2.24) is 10.6 Å². The van der Waals surface area contributed by atoms with E-state index >= 15 is 0 Å². The van der Waals surface area contributed by atoms with Crippen LogP contribution < -0.4 is 10.6 Å². The van der Waals surface area contributed by atoms with Crippen LogP contribution in [0.4, 0.5) is 22.0 Å². The predicted molar refractivity (Wildman–Crippen MR) is 70.1 cm³/mol. The van der Waals surface area contributed by atoms with E-state index in [0.29, 0.717) is 0 Å². The molecular formula is C13H16F5N3. The van der Waals surface area contributed by atoms with E-state index in [2.05, 4.69) is 15.6 Å². The minimum absolute atomic E-state index is 0.177. The summed E-state index contributed by atoms with van der Waals surface area (Å²) >= 11 is 0. The average molecular weight is 309 g/mol. The Morgan fingerprint density at radius 3 is 2.43 bits per heavy atom. The molecule has 0 aromatic heterocycles. The van der Waals surface area contributed by atoms with Gasteiger partial charge in [-0.15, -0.1) is 0 Å². The number of halogens is 5. The number of rotatable bonds is 5. The molecule has 2 N–H and O–H groups in total. The first kappa shape index (κ1) is 17.2. The van der Waals surface area contributed by atoms with Crippen LogP contribution in [0.15, 0.2) is 23.2 Å². The molecule has 0 heterocycles. The van der Waals surface area contributed by atoms with Crippen molar-refractivity contribution < 1.29 is 22.0 Å². The Morgan fingerprint density at radius 1 is 1.14 bits per heavy atom. The molecule has 0 saturated carbocycles. The van der Waals surface area contributed by atoms with Crippen molar-refractivity contribution in [3.63, 3.8) is 0 Å². The molecule has 1 aromatic rings. The first-order chi connectivity index (χ1) is 9.83. The summed E-state index contributed by atoms with van der Waals surface area (Å²) in [7, 11) is 1.41. The molecule has 0 atom stereocenters. The minimum atomic E-state index is -4.24. The van der Waals surface area contributed by atoms with Gasteiger partial charge in [-0.1, -0.05) is 12.1 Å². The molecular weight excluding hydrogens is 293 g/mol. The molecule has 0 radical (unpaired) electrons. The van der Waals surface area contributed by atoms with E-state index in [1.807, 2.05) is 0 Å². The van der Waals surface area contributed by atoms with Gasteiger partial charge in [0.25, 0.3) is 0 Å². The van der Waals surface area contributed by atoms with Crippen LogP contribution in [0.5, 0.6) is 0 Å². The van der Waals surface area contributed by atoms with Crippen molar-refractivity contribution in [2.24, 2.45) is 4.99 Å². The highest BCUT2D eigenvalue weighted by atomic mass is 19.4. The van der Waals surface area contributed by atoms with E-state index in [9.17, 15) is 22.0 Å². The zero-order valence-electron chi connectivity index (χ0n) is 11.4. The van der Waals surface area contributed by atoms with Gasteiger partial charge in [0.05, 0.1) is 6.42 Å². The Balaban J connectivity index is 2.37. The maximum Gasteiger partial charge on any atom is 0.390 e. The Hall–Kier alpha value is -1.86. The van der Waals surface area contributed by atoms with Gasteiger partial charge in [-0.05, 0) is 18.1 Å². The van der Waals surface area contributed by atoms with Crippen molar-refractivity contribution in [1.29, 1.82) is 0 Å². The molecule has 1 rings (SSSR count). The number of benzene rings is 1. The largest absolute Gasteiger partial charge is 0.390 e. The lowest BCUT2D eigenvalue weighted by atomic mass is 10.1. The number of nitrogens with one attached hydrogen (secondary N) is 2. The quantitative estimate of drug-likeness (QED) is 0.498. The first-order valence-electron chi connectivity index (χ1n) is 6.27. The minimum Gasteiger partial charge on any atom is -0.356 e. The fourth-order valence-electron chi connectivity index (χ4n) is 1.60. The summed E-state index contributed by atoms with van der Waals surface area (Å²) in [6.45, 7) is -0.0937. The van der Waals surface area contributed by atoms with Crippen LogP contribution in [0.25, 0.3) is 0 Å². The monoisotopic (exact) mass is 309 g/mol. The van der Waals surface area contributed by atoms with E-state index in [4.69, 9.17) is 0 Å². The Morgan fingerprint density at radius 2 is 1.81 bits per heavy atom. The summed E-state index contributed by atoms with van der Waals surface area (Å²) in [6.07, 6.45) is -5.04. The smallest absolute Gasteiger partial charge is 0.356 e. The van der Waals surface area contributed by atoms with Crippen molar-refractivity contribution >= 4 is 5.96 Å². The third-order valence-corrected chi connectivity index (χ3v) is 2.64. The second kappa shape index (κ2) is 7.80. The van der Waals surface area contributed by atoms with Crippen molar-refractivity contribution in [3.05, 3.63) is 35.4 Å².